The lowest BCUT2D eigenvalue weighted by Gasteiger charge is -2.39. The third kappa shape index (κ3) is 5.98. The van der Waals surface area contributed by atoms with Crippen LogP contribution < -0.4 is 4.90 Å². The molecule has 3 aliphatic rings. The molecule has 11 heteroatoms. The van der Waals surface area contributed by atoms with Crippen molar-refractivity contribution in [2.45, 2.75) is 0 Å². The predicted octanol–water partition coefficient (Wildman–Crippen LogP) is -0.280. The maximum Gasteiger partial charge on any atom is 0.292 e. The van der Waals surface area contributed by atoms with Crippen molar-refractivity contribution in [3.63, 3.8) is 0 Å². The highest BCUT2D eigenvalue weighted by molar-refractivity contribution is 5.79. The van der Waals surface area contributed by atoms with E-state index in [4.69, 9.17) is 4.74 Å². The Bertz CT molecular complexity index is 845. The molecule has 11 nitrogen and oxygen atoms in total. The molecule has 3 heterocycles. The Morgan fingerprint density at radius 3 is 1.88 bits per heavy atom. The number of nitrogens with zero attached hydrogens (tertiary/aromatic N) is 6. The molecule has 0 atom stereocenters. The van der Waals surface area contributed by atoms with Gasteiger partial charge in [-0.05, 0) is 6.07 Å². The first-order valence-corrected chi connectivity index (χ1v) is 11.6. The van der Waals surface area contributed by atoms with Crippen LogP contribution in [0.3, 0.4) is 0 Å². The zero-order valence-corrected chi connectivity index (χ0v) is 18.9. The topological polar surface area (TPSA) is 103 Å². The van der Waals surface area contributed by atoms with Crippen LogP contribution in [0, 0.1) is 10.1 Å². The number of hydrogen-bond donors (Lipinski definition) is 0. The summed E-state index contributed by atoms with van der Waals surface area (Å²) in [7, 11) is 0. The quantitative estimate of drug-likeness (QED) is 0.422. The van der Waals surface area contributed by atoms with Crippen LogP contribution in [-0.4, -0.2) is 128 Å². The van der Waals surface area contributed by atoms with E-state index in [1.807, 2.05) is 14.7 Å². The standard InChI is InChI=1S/C22H32N6O5/c29-21(27-11-9-25(10-12-27)19-3-1-2-4-20(19)28(31)32)17-23-5-7-26(8-6-23)22(30)18-24-13-15-33-16-14-24/h1-4H,5-18H2. The van der Waals surface area contributed by atoms with E-state index >= 15 is 0 Å². The number of nitro benzene ring substituents is 1. The molecule has 0 aromatic heterocycles. The van der Waals surface area contributed by atoms with Gasteiger partial charge in [-0.2, -0.15) is 0 Å². The van der Waals surface area contributed by atoms with Crippen LogP contribution in [0.1, 0.15) is 0 Å². The van der Waals surface area contributed by atoms with Gasteiger partial charge in [0.05, 0.1) is 31.2 Å². The van der Waals surface area contributed by atoms with Gasteiger partial charge in [-0.3, -0.25) is 29.5 Å². The maximum atomic E-state index is 12.8. The molecule has 3 saturated heterocycles. The maximum absolute atomic E-state index is 12.8. The van der Waals surface area contributed by atoms with Crippen molar-refractivity contribution < 1.29 is 19.2 Å². The second kappa shape index (κ2) is 10.9. The number of nitro groups is 1. The fraction of sp³-hybridized carbons (Fsp3) is 0.636. The Morgan fingerprint density at radius 1 is 0.788 bits per heavy atom. The summed E-state index contributed by atoms with van der Waals surface area (Å²) in [5.41, 5.74) is 0.700. The first kappa shape index (κ1) is 23.4. The number of ether oxygens (including phenoxy) is 1. The van der Waals surface area contributed by atoms with Gasteiger partial charge >= 0.3 is 0 Å². The number of piperazine rings is 2. The highest BCUT2D eigenvalue weighted by Gasteiger charge is 2.28. The third-order valence-corrected chi connectivity index (χ3v) is 6.60. The van der Waals surface area contributed by atoms with Crippen LogP contribution in [0.15, 0.2) is 24.3 Å². The Hall–Kier alpha value is -2.76. The SMILES string of the molecule is O=C(CN1CCOCC1)N1CCN(CC(=O)N2CCN(c3ccccc3[N+](=O)[O-])CC2)CC1. The van der Waals surface area contributed by atoms with Crippen molar-refractivity contribution in [1.29, 1.82) is 0 Å². The Morgan fingerprint density at radius 2 is 1.30 bits per heavy atom. The number of carbonyl (C=O) groups is 2. The number of carbonyl (C=O) groups excluding carboxylic acids is 2. The fourth-order valence-electron chi connectivity index (χ4n) is 4.58. The van der Waals surface area contributed by atoms with Crippen molar-refractivity contribution in [1.82, 2.24) is 19.6 Å². The van der Waals surface area contributed by atoms with E-state index < -0.39 is 0 Å². The van der Waals surface area contributed by atoms with E-state index in [-0.39, 0.29) is 22.4 Å². The monoisotopic (exact) mass is 460 g/mol. The molecular formula is C22H32N6O5. The van der Waals surface area contributed by atoms with Gasteiger partial charge in [-0.1, -0.05) is 12.1 Å². The van der Waals surface area contributed by atoms with E-state index in [1.54, 1.807) is 18.2 Å². The van der Waals surface area contributed by atoms with E-state index in [1.165, 1.54) is 6.07 Å². The third-order valence-electron chi connectivity index (χ3n) is 6.60. The molecule has 0 radical (unpaired) electrons. The predicted molar refractivity (Wildman–Crippen MR) is 122 cm³/mol. The highest BCUT2D eigenvalue weighted by Crippen LogP contribution is 2.28. The van der Waals surface area contributed by atoms with Crippen LogP contribution in [0.4, 0.5) is 11.4 Å². The average Bonchev–Trinajstić information content (AvgIpc) is 2.85. The van der Waals surface area contributed by atoms with Gasteiger partial charge in [0, 0.05) is 71.5 Å². The molecule has 0 unspecified atom stereocenters. The number of para-hydroxylation sites is 2. The molecule has 0 bridgehead atoms. The second-order valence-corrected chi connectivity index (χ2v) is 8.66. The molecule has 0 spiro atoms. The van der Waals surface area contributed by atoms with Crippen molar-refractivity contribution in [3.8, 4) is 0 Å². The van der Waals surface area contributed by atoms with Gasteiger partial charge in [0.25, 0.3) is 5.69 Å². The first-order chi connectivity index (χ1) is 16.0. The van der Waals surface area contributed by atoms with Gasteiger partial charge < -0.3 is 19.4 Å². The molecule has 0 aliphatic carbocycles. The number of rotatable bonds is 6. The molecule has 0 saturated carbocycles. The fourth-order valence-corrected chi connectivity index (χ4v) is 4.58. The normalized spacial score (nSPS) is 20.7. The number of hydrogen-bond acceptors (Lipinski definition) is 8. The van der Waals surface area contributed by atoms with E-state index in [0.717, 1.165) is 13.1 Å². The lowest BCUT2D eigenvalue weighted by Crippen LogP contribution is -2.55. The van der Waals surface area contributed by atoms with Gasteiger partial charge in [0.2, 0.25) is 11.8 Å². The molecule has 33 heavy (non-hydrogen) atoms. The summed E-state index contributed by atoms with van der Waals surface area (Å²) in [5.74, 6) is 0.222. The lowest BCUT2D eigenvalue weighted by molar-refractivity contribution is -0.384. The van der Waals surface area contributed by atoms with Crippen LogP contribution in [-0.2, 0) is 14.3 Å². The smallest absolute Gasteiger partial charge is 0.292 e. The van der Waals surface area contributed by atoms with Gasteiger partial charge in [0.1, 0.15) is 5.69 Å². The van der Waals surface area contributed by atoms with Gasteiger partial charge in [-0.25, -0.2) is 0 Å². The van der Waals surface area contributed by atoms with Crippen LogP contribution in [0.25, 0.3) is 0 Å². The number of morpholine rings is 1. The number of amides is 2. The summed E-state index contributed by atoms with van der Waals surface area (Å²) >= 11 is 0. The summed E-state index contributed by atoms with van der Waals surface area (Å²) in [4.78, 5) is 46.3. The molecule has 2 amide bonds. The molecule has 3 aliphatic heterocycles. The zero-order chi connectivity index (χ0) is 23.2. The zero-order valence-electron chi connectivity index (χ0n) is 18.9. The highest BCUT2D eigenvalue weighted by atomic mass is 16.6. The first-order valence-electron chi connectivity index (χ1n) is 11.6. The lowest BCUT2D eigenvalue weighted by atomic mass is 10.2. The summed E-state index contributed by atoms with van der Waals surface area (Å²) < 4.78 is 5.33. The Balaban J connectivity index is 1.19. The number of anilines is 1. The van der Waals surface area contributed by atoms with Crippen molar-refractivity contribution in [2.75, 3.05) is 96.7 Å². The molecule has 3 fully saturated rings. The summed E-state index contributed by atoms with van der Waals surface area (Å²) in [6, 6.07) is 6.73. The van der Waals surface area contributed by atoms with Crippen LogP contribution >= 0.6 is 0 Å². The molecule has 1 aromatic carbocycles. The minimum atomic E-state index is -0.363. The van der Waals surface area contributed by atoms with Gasteiger partial charge in [0.15, 0.2) is 0 Å². The van der Waals surface area contributed by atoms with E-state index in [0.29, 0.717) is 84.3 Å². The molecular weight excluding hydrogens is 428 g/mol. The number of benzene rings is 1. The summed E-state index contributed by atoms with van der Waals surface area (Å²) in [6.45, 7) is 8.63. The minimum Gasteiger partial charge on any atom is -0.379 e. The molecule has 1 aromatic rings. The summed E-state index contributed by atoms with van der Waals surface area (Å²) in [6.07, 6.45) is 0. The van der Waals surface area contributed by atoms with Crippen molar-refractivity contribution >= 4 is 23.2 Å². The van der Waals surface area contributed by atoms with E-state index in [9.17, 15) is 19.7 Å². The van der Waals surface area contributed by atoms with E-state index in [2.05, 4.69) is 9.80 Å². The molecule has 0 N–H and O–H groups in total. The van der Waals surface area contributed by atoms with Crippen molar-refractivity contribution in [2.24, 2.45) is 0 Å². The Labute approximate surface area is 193 Å². The largest absolute Gasteiger partial charge is 0.379 e. The second-order valence-electron chi connectivity index (χ2n) is 8.66. The minimum absolute atomic E-state index is 0.0744. The molecule has 180 valence electrons. The molecule has 4 rings (SSSR count). The van der Waals surface area contributed by atoms with Crippen LogP contribution in [0.2, 0.25) is 0 Å². The Kier molecular flexibility index (Phi) is 7.73. The summed E-state index contributed by atoms with van der Waals surface area (Å²) in [5, 5.41) is 11.3. The van der Waals surface area contributed by atoms with Gasteiger partial charge in [-0.15, -0.1) is 0 Å². The van der Waals surface area contributed by atoms with Crippen LogP contribution in [0.5, 0.6) is 0 Å². The average molecular weight is 461 g/mol. The van der Waals surface area contributed by atoms with Crippen molar-refractivity contribution in [3.05, 3.63) is 34.4 Å².